The van der Waals surface area contributed by atoms with Gasteiger partial charge in [0.05, 0.1) is 0 Å². The molecule has 2 atom stereocenters. The van der Waals surface area contributed by atoms with Gasteiger partial charge in [-0.1, -0.05) is 30.1 Å². The topological polar surface area (TPSA) is 32.3 Å². The molecule has 96 valence electrons. The summed E-state index contributed by atoms with van der Waals surface area (Å²) < 4.78 is 2.38. The average molecular weight is 262 g/mol. The highest BCUT2D eigenvalue weighted by molar-refractivity contribution is 7.96. The molecule has 4 rings (SSSR count). The molecule has 0 aromatic heterocycles. The number of carbonyl (C=O) groups excluding carboxylic acids is 1. The highest BCUT2D eigenvalue weighted by Gasteiger charge is 2.50. The second-order valence-corrected chi connectivity index (χ2v) is 6.05. The zero-order valence-corrected chi connectivity index (χ0v) is 11.3. The number of nitrogens with zero attached hydrogens (tertiary/aromatic N) is 1. The van der Waals surface area contributed by atoms with Crippen LogP contribution in [0.25, 0.3) is 0 Å². The first-order chi connectivity index (χ1) is 8.78. The molecule has 2 bridgehead atoms. The molecular weight excluding hydrogens is 244 g/mol. The number of benzene rings is 1. The maximum atomic E-state index is 12.3. The lowest BCUT2D eigenvalue weighted by Crippen LogP contribution is -2.56. The summed E-state index contributed by atoms with van der Waals surface area (Å²) >= 11 is 1.80. The largest absolute Gasteiger partial charge is 0.326 e. The van der Waals surface area contributed by atoms with E-state index in [1.165, 1.54) is 6.42 Å². The van der Waals surface area contributed by atoms with Crippen LogP contribution in [0, 0.1) is 17.8 Å². The number of hydrogen-bond acceptors (Lipinski definition) is 3. The molecule has 1 saturated carbocycles. The molecule has 1 aliphatic carbocycles. The Morgan fingerprint density at radius 3 is 2.56 bits per heavy atom. The molecule has 0 radical (unpaired) electrons. The summed E-state index contributed by atoms with van der Waals surface area (Å²) in [5.74, 6) is 1.55. The minimum absolute atomic E-state index is 0.211. The van der Waals surface area contributed by atoms with Crippen molar-refractivity contribution in [2.75, 3.05) is 24.7 Å². The van der Waals surface area contributed by atoms with Gasteiger partial charge in [0.25, 0.3) is 0 Å². The highest BCUT2D eigenvalue weighted by Crippen LogP contribution is 2.47. The Bertz CT molecular complexity index is 425. The van der Waals surface area contributed by atoms with Crippen molar-refractivity contribution < 1.29 is 4.79 Å². The first kappa shape index (κ1) is 12.1. The molecule has 3 fully saturated rings. The van der Waals surface area contributed by atoms with Crippen LogP contribution in [0.3, 0.4) is 0 Å². The third-order valence-electron chi connectivity index (χ3n) is 4.10. The van der Waals surface area contributed by atoms with E-state index in [0.29, 0.717) is 11.8 Å². The number of carbonyl (C=O) groups is 1. The van der Waals surface area contributed by atoms with Crippen LogP contribution in [0.5, 0.6) is 0 Å². The van der Waals surface area contributed by atoms with Crippen molar-refractivity contribution >= 4 is 23.5 Å². The molecule has 0 spiro atoms. The second-order valence-electron chi connectivity index (χ2n) is 5.17. The Morgan fingerprint density at radius 1 is 1.28 bits per heavy atom. The first-order valence-electron chi connectivity index (χ1n) is 6.43. The van der Waals surface area contributed by atoms with E-state index < -0.39 is 0 Å². The Labute approximate surface area is 112 Å². The third-order valence-corrected chi connectivity index (χ3v) is 4.91. The van der Waals surface area contributed by atoms with Gasteiger partial charge in [-0.05, 0) is 36.6 Å². The molecule has 2 saturated heterocycles. The predicted octanol–water partition coefficient (Wildman–Crippen LogP) is 2.47. The van der Waals surface area contributed by atoms with Crippen molar-refractivity contribution in [1.82, 2.24) is 4.31 Å². The van der Waals surface area contributed by atoms with E-state index in [1.807, 2.05) is 30.3 Å². The minimum atomic E-state index is 0.211. The molecule has 2 unspecified atom stereocenters. The number of piperidine rings is 2. The summed E-state index contributed by atoms with van der Waals surface area (Å²) in [6.45, 7) is 2.12. The van der Waals surface area contributed by atoms with Crippen LogP contribution in [0.1, 0.15) is 6.42 Å². The number of rotatable bonds is 3. The Balaban J connectivity index is 1.62. The molecule has 4 heteroatoms. The van der Waals surface area contributed by atoms with Crippen LogP contribution < -0.4 is 5.32 Å². The molecule has 3 aliphatic rings. The van der Waals surface area contributed by atoms with Crippen molar-refractivity contribution in [3.05, 3.63) is 30.3 Å². The molecular formula is C14H18N2OS. The van der Waals surface area contributed by atoms with Crippen molar-refractivity contribution in [3.63, 3.8) is 0 Å². The van der Waals surface area contributed by atoms with E-state index >= 15 is 0 Å². The van der Waals surface area contributed by atoms with Gasteiger partial charge >= 0.3 is 0 Å². The van der Waals surface area contributed by atoms with Crippen LogP contribution in [0.4, 0.5) is 5.69 Å². The smallest absolute Gasteiger partial charge is 0.228 e. The van der Waals surface area contributed by atoms with Crippen molar-refractivity contribution in [3.8, 4) is 0 Å². The van der Waals surface area contributed by atoms with E-state index in [-0.39, 0.29) is 11.8 Å². The van der Waals surface area contributed by atoms with Crippen molar-refractivity contribution in [2.24, 2.45) is 17.8 Å². The maximum absolute atomic E-state index is 12.3. The Hall–Kier alpha value is -1.00. The summed E-state index contributed by atoms with van der Waals surface area (Å²) in [4.78, 5) is 12.3. The standard InChI is InChI=1S/C14H18N2OS/c1-18-16-8-10-7-11(9-16)13(10)14(17)15-12-5-3-2-4-6-12/h2-6,10-11,13H,7-9H2,1H3,(H,15,17). The van der Waals surface area contributed by atoms with Gasteiger partial charge in [-0.3, -0.25) is 9.10 Å². The summed E-state index contributed by atoms with van der Waals surface area (Å²) in [5.41, 5.74) is 0.911. The lowest BCUT2D eigenvalue weighted by molar-refractivity contribution is -0.133. The van der Waals surface area contributed by atoms with Gasteiger partial charge in [0.2, 0.25) is 5.91 Å². The fourth-order valence-electron chi connectivity index (χ4n) is 3.17. The molecule has 1 N–H and O–H groups in total. The average Bonchev–Trinajstić information content (AvgIpc) is 2.39. The van der Waals surface area contributed by atoms with Gasteiger partial charge in [-0.25, -0.2) is 0 Å². The number of hydrogen-bond donors (Lipinski definition) is 1. The number of anilines is 1. The lowest BCUT2D eigenvalue weighted by atomic mass is 9.62. The van der Waals surface area contributed by atoms with Crippen LogP contribution in [0.2, 0.25) is 0 Å². The van der Waals surface area contributed by atoms with Gasteiger partial charge in [-0.15, -0.1) is 0 Å². The summed E-state index contributed by atoms with van der Waals surface area (Å²) in [6, 6.07) is 9.75. The summed E-state index contributed by atoms with van der Waals surface area (Å²) in [6.07, 6.45) is 3.34. The van der Waals surface area contributed by atoms with E-state index in [1.54, 1.807) is 11.9 Å². The molecule has 3 nitrogen and oxygen atoms in total. The fourth-order valence-corrected chi connectivity index (χ4v) is 3.85. The van der Waals surface area contributed by atoms with E-state index in [2.05, 4.69) is 15.9 Å². The summed E-state index contributed by atoms with van der Waals surface area (Å²) in [5, 5.41) is 3.04. The Morgan fingerprint density at radius 2 is 1.94 bits per heavy atom. The molecule has 1 aromatic rings. The van der Waals surface area contributed by atoms with Crippen molar-refractivity contribution in [2.45, 2.75) is 6.42 Å². The normalized spacial score (nSPS) is 30.6. The molecule has 2 heterocycles. The quantitative estimate of drug-likeness (QED) is 0.849. The van der Waals surface area contributed by atoms with E-state index in [4.69, 9.17) is 0 Å². The van der Waals surface area contributed by atoms with Gasteiger partial charge in [0.15, 0.2) is 0 Å². The van der Waals surface area contributed by atoms with Crippen LogP contribution in [-0.4, -0.2) is 29.6 Å². The van der Waals surface area contributed by atoms with Gasteiger partial charge in [-0.2, -0.15) is 0 Å². The van der Waals surface area contributed by atoms with Crippen molar-refractivity contribution in [1.29, 1.82) is 0 Å². The summed E-state index contributed by atoms with van der Waals surface area (Å²) in [7, 11) is 0. The van der Waals surface area contributed by atoms with E-state index in [9.17, 15) is 4.79 Å². The molecule has 18 heavy (non-hydrogen) atoms. The number of nitrogens with one attached hydrogen (secondary N) is 1. The Kier molecular flexibility index (Phi) is 3.31. The molecule has 1 aromatic carbocycles. The molecule has 2 aliphatic heterocycles. The fraction of sp³-hybridized carbons (Fsp3) is 0.500. The third kappa shape index (κ3) is 2.15. The number of para-hydroxylation sites is 1. The number of fused-ring (bicyclic) bond motifs is 2. The SMILES string of the molecule is CSN1CC2CC(C1)C2C(=O)Nc1ccccc1. The second kappa shape index (κ2) is 4.94. The van der Waals surface area contributed by atoms with Crippen LogP contribution in [-0.2, 0) is 4.79 Å². The van der Waals surface area contributed by atoms with Crippen LogP contribution in [0.15, 0.2) is 30.3 Å². The minimum Gasteiger partial charge on any atom is -0.326 e. The zero-order chi connectivity index (χ0) is 12.5. The molecule has 1 amide bonds. The van der Waals surface area contributed by atoms with Gasteiger partial charge in [0, 0.05) is 24.7 Å². The van der Waals surface area contributed by atoms with E-state index in [0.717, 1.165) is 18.8 Å². The van der Waals surface area contributed by atoms with Crippen LogP contribution >= 0.6 is 11.9 Å². The van der Waals surface area contributed by atoms with Gasteiger partial charge in [0.1, 0.15) is 0 Å². The number of amides is 1. The first-order valence-corrected chi connectivity index (χ1v) is 7.61. The zero-order valence-electron chi connectivity index (χ0n) is 10.5. The predicted molar refractivity (Wildman–Crippen MR) is 75.2 cm³/mol. The lowest BCUT2D eigenvalue weighted by Gasteiger charge is -2.51. The maximum Gasteiger partial charge on any atom is 0.228 e. The van der Waals surface area contributed by atoms with Gasteiger partial charge < -0.3 is 5.32 Å². The monoisotopic (exact) mass is 262 g/mol. The highest BCUT2D eigenvalue weighted by atomic mass is 32.2.